The second-order valence-corrected chi connectivity index (χ2v) is 5.70. The summed E-state index contributed by atoms with van der Waals surface area (Å²) in [4.78, 5) is 24.6. The maximum Gasteiger partial charge on any atom is 0.240 e. The van der Waals surface area contributed by atoms with E-state index in [0.717, 1.165) is 10.6 Å². The number of amides is 2. The lowest BCUT2D eigenvalue weighted by Crippen LogP contribution is -2.47. The van der Waals surface area contributed by atoms with Gasteiger partial charge in [0.25, 0.3) is 0 Å². The van der Waals surface area contributed by atoms with E-state index in [1.165, 1.54) is 11.8 Å². The van der Waals surface area contributed by atoms with Gasteiger partial charge in [0.15, 0.2) is 5.11 Å². The molecule has 106 valence electrons. The monoisotopic (exact) mass is 310 g/mol. The number of anilines is 1. The highest BCUT2D eigenvalue weighted by Crippen LogP contribution is 2.36. The minimum absolute atomic E-state index is 0.0736. The van der Waals surface area contributed by atoms with Gasteiger partial charge in [-0.25, -0.2) is 0 Å². The average Bonchev–Trinajstić information content (AvgIpc) is 2.45. The normalized spacial score (nSPS) is 16.6. The van der Waals surface area contributed by atoms with Gasteiger partial charge in [-0.15, -0.1) is 11.8 Å². The van der Waals surface area contributed by atoms with E-state index in [1.54, 1.807) is 7.05 Å². The van der Waals surface area contributed by atoms with Crippen LogP contribution in [0, 0.1) is 0 Å². The predicted octanol–water partition coefficient (Wildman–Crippen LogP) is 0.615. The van der Waals surface area contributed by atoms with E-state index in [-0.39, 0.29) is 18.2 Å². The van der Waals surface area contributed by atoms with Crippen LogP contribution in [0.4, 0.5) is 5.69 Å². The van der Waals surface area contributed by atoms with Crippen LogP contribution in [0.2, 0.25) is 0 Å². The summed E-state index contributed by atoms with van der Waals surface area (Å²) in [7, 11) is 1.64. The number of thioether (sulfide) groups is 1. The van der Waals surface area contributed by atoms with Gasteiger partial charge in [0.2, 0.25) is 11.8 Å². The molecule has 0 bridgehead atoms. The van der Waals surface area contributed by atoms with Crippen LogP contribution in [0.1, 0.15) is 6.42 Å². The van der Waals surface area contributed by atoms with Gasteiger partial charge in [0.1, 0.15) is 0 Å². The number of benzene rings is 1. The number of carbonyl (C=O) groups is 2. The molecule has 1 aromatic rings. The van der Waals surface area contributed by atoms with Gasteiger partial charge < -0.3 is 10.6 Å². The third-order valence-corrected chi connectivity index (χ3v) is 4.20. The number of nitrogens with one attached hydrogen (secondary N) is 4. The van der Waals surface area contributed by atoms with Crippen molar-refractivity contribution in [2.45, 2.75) is 16.6 Å². The van der Waals surface area contributed by atoms with Crippen LogP contribution in [-0.2, 0) is 9.59 Å². The summed E-state index contributed by atoms with van der Waals surface area (Å²) < 4.78 is 0. The Morgan fingerprint density at radius 3 is 2.90 bits per heavy atom. The Bertz CT molecular complexity index is 550. The maximum atomic E-state index is 11.9. The van der Waals surface area contributed by atoms with Crippen LogP contribution in [0.25, 0.3) is 0 Å². The van der Waals surface area contributed by atoms with Gasteiger partial charge in [-0.2, -0.15) is 0 Å². The van der Waals surface area contributed by atoms with Gasteiger partial charge in [-0.05, 0) is 24.4 Å². The molecule has 20 heavy (non-hydrogen) atoms. The predicted molar refractivity (Wildman–Crippen MR) is 82.3 cm³/mol. The molecule has 0 saturated heterocycles. The largest absolute Gasteiger partial charge is 0.364 e. The number of carbonyl (C=O) groups excluding carboxylic acids is 2. The smallest absolute Gasteiger partial charge is 0.240 e. The molecule has 6 nitrogen and oxygen atoms in total. The van der Waals surface area contributed by atoms with Crippen molar-refractivity contribution in [2.24, 2.45) is 0 Å². The molecular formula is C12H14N4O2S2. The van der Waals surface area contributed by atoms with Gasteiger partial charge in [0.05, 0.1) is 10.9 Å². The molecule has 0 spiro atoms. The highest BCUT2D eigenvalue weighted by atomic mass is 32.2. The second-order valence-electron chi connectivity index (χ2n) is 4.05. The lowest BCUT2D eigenvalue weighted by atomic mass is 10.2. The maximum absolute atomic E-state index is 11.9. The SMILES string of the molecule is CNC(=S)NNC(=O)C[C@@H]1Sc2ccccc2NC1=O. The Labute approximate surface area is 126 Å². The van der Waals surface area contributed by atoms with E-state index < -0.39 is 5.25 Å². The zero-order valence-electron chi connectivity index (χ0n) is 10.7. The number of thiocarbonyl (C=S) groups is 1. The van der Waals surface area contributed by atoms with Gasteiger partial charge >= 0.3 is 0 Å². The fourth-order valence-electron chi connectivity index (χ4n) is 1.64. The molecule has 0 fully saturated rings. The summed E-state index contributed by atoms with van der Waals surface area (Å²) in [5.74, 6) is -0.463. The van der Waals surface area contributed by atoms with E-state index >= 15 is 0 Å². The van der Waals surface area contributed by atoms with Crippen molar-refractivity contribution in [2.75, 3.05) is 12.4 Å². The molecule has 0 saturated carbocycles. The van der Waals surface area contributed by atoms with E-state index in [4.69, 9.17) is 12.2 Å². The Morgan fingerprint density at radius 2 is 2.15 bits per heavy atom. The fraction of sp³-hybridized carbons (Fsp3) is 0.250. The van der Waals surface area contributed by atoms with E-state index in [2.05, 4.69) is 21.5 Å². The Hall–Kier alpha value is -1.80. The summed E-state index contributed by atoms with van der Waals surface area (Å²) >= 11 is 6.22. The molecule has 4 N–H and O–H groups in total. The Kier molecular flexibility index (Phi) is 4.80. The number of rotatable bonds is 2. The molecule has 1 heterocycles. The zero-order valence-corrected chi connectivity index (χ0v) is 12.4. The lowest BCUT2D eigenvalue weighted by Gasteiger charge is -2.23. The van der Waals surface area contributed by atoms with Gasteiger partial charge in [-0.1, -0.05) is 12.1 Å². The number of hydrogen-bond donors (Lipinski definition) is 4. The Morgan fingerprint density at radius 1 is 1.40 bits per heavy atom. The van der Waals surface area contributed by atoms with E-state index in [9.17, 15) is 9.59 Å². The molecule has 0 aromatic heterocycles. The number of hydrazine groups is 1. The van der Waals surface area contributed by atoms with Crippen molar-refractivity contribution < 1.29 is 9.59 Å². The first-order chi connectivity index (χ1) is 9.60. The van der Waals surface area contributed by atoms with Gasteiger partial charge in [0, 0.05) is 18.4 Å². The van der Waals surface area contributed by atoms with E-state index in [0.29, 0.717) is 5.11 Å². The fourth-order valence-corrected chi connectivity index (χ4v) is 2.80. The summed E-state index contributed by atoms with van der Waals surface area (Å²) in [6, 6.07) is 7.50. The van der Waals surface area contributed by atoms with Crippen molar-refractivity contribution in [3.05, 3.63) is 24.3 Å². The molecule has 0 unspecified atom stereocenters. The van der Waals surface area contributed by atoms with Crippen LogP contribution in [0.3, 0.4) is 0 Å². The molecule has 8 heteroatoms. The standard InChI is InChI=1S/C12H14N4O2S2/c1-13-12(19)16-15-10(17)6-9-11(18)14-7-4-2-3-5-8(7)20-9/h2-5,9H,6H2,1H3,(H,14,18)(H,15,17)(H2,13,16,19)/t9-/m0/s1. The van der Waals surface area contributed by atoms with Crippen molar-refractivity contribution in [3.8, 4) is 0 Å². The topological polar surface area (TPSA) is 82.3 Å². The molecule has 0 radical (unpaired) electrons. The molecule has 1 atom stereocenters. The summed E-state index contributed by atoms with van der Waals surface area (Å²) in [6.45, 7) is 0. The first-order valence-corrected chi connectivity index (χ1v) is 7.22. The van der Waals surface area contributed by atoms with Gasteiger partial charge in [-0.3, -0.25) is 20.4 Å². The molecular weight excluding hydrogens is 296 g/mol. The quantitative estimate of drug-likeness (QED) is 0.473. The molecule has 0 aliphatic carbocycles. The molecule has 1 aliphatic heterocycles. The molecule has 1 aliphatic rings. The van der Waals surface area contributed by atoms with Crippen LogP contribution >= 0.6 is 24.0 Å². The first kappa shape index (κ1) is 14.6. The summed E-state index contributed by atoms with van der Waals surface area (Å²) in [6.07, 6.45) is 0.0736. The third kappa shape index (κ3) is 3.61. The van der Waals surface area contributed by atoms with Crippen molar-refractivity contribution in [1.29, 1.82) is 0 Å². The number of hydrogen-bond acceptors (Lipinski definition) is 4. The first-order valence-electron chi connectivity index (χ1n) is 5.93. The second kappa shape index (κ2) is 6.58. The lowest BCUT2D eigenvalue weighted by molar-refractivity contribution is -0.124. The van der Waals surface area contributed by atoms with Crippen LogP contribution in [0.15, 0.2) is 29.2 Å². The van der Waals surface area contributed by atoms with Crippen LogP contribution in [0.5, 0.6) is 0 Å². The highest BCUT2D eigenvalue weighted by Gasteiger charge is 2.28. The zero-order chi connectivity index (χ0) is 14.5. The van der Waals surface area contributed by atoms with Crippen molar-refractivity contribution in [1.82, 2.24) is 16.2 Å². The molecule has 2 rings (SSSR count). The summed E-state index contributed by atoms with van der Waals surface area (Å²) in [5, 5.41) is 5.32. The Balaban J connectivity index is 1.92. The molecule has 1 aromatic carbocycles. The highest BCUT2D eigenvalue weighted by molar-refractivity contribution is 8.01. The number of fused-ring (bicyclic) bond motifs is 1. The third-order valence-electron chi connectivity index (χ3n) is 2.62. The average molecular weight is 310 g/mol. The molecule has 2 amide bonds. The number of para-hydroxylation sites is 1. The van der Waals surface area contributed by atoms with E-state index in [1.807, 2.05) is 24.3 Å². The minimum atomic E-state index is -0.449. The van der Waals surface area contributed by atoms with Crippen LogP contribution < -0.4 is 21.5 Å². The summed E-state index contributed by atoms with van der Waals surface area (Å²) in [5.41, 5.74) is 5.76. The van der Waals surface area contributed by atoms with Crippen molar-refractivity contribution in [3.63, 3.8) is 0 Å². The van der Waals surface area contributed by atoms with Crippen LogP contribution in [-0.4, -0.2) is 29.2 Å². The van der Waals surface area contributed by atoms with Crippen molar-refractivity contribution >= 4 is 46.6 Å². The minimum Gasteiger partial charge on any atom is -0.364 e.